The summed E-state index contributed by atoms with van der Waals surface area (Å²) in [6.07, 6.45) is 0.819. The minimum absolute atomic E-state index is 0.0204. The van der Waals surface area contributed by atoms with E-state index in [-0.39, 0.29) is 51.5 Å². The average molecular weight is 599 g/mol. The van der Waals surface area contributed by atoms with Gasteiger partial charge < -0.3 is 9.72 Å². The largest absolute Gasteiger partial charge is 0.489 e. The van der Waals surface area contributed by atoms with E-state index in [1.54, 1.807) is 11.8 Å². The number of ether oxygens (including phenoxy) is 1. The molecule has 8 rings (SSSR count). The van der Waals surface area contributed by atoms with Crippen LogP contribution in [-0.4, -0.2) is 22.0 Å². The number of H-pyrrole nitrogens is 1. The quantitative estimate of drug-likeness (QED) is 0.279. The number of nitrogens with zero attached hydrogens (tertiary/aromatic N) is 1. The molecule has 6 nitrogen and oxygen atoms in total. The molecule has 0 radical (unpaired) electrons. The molecule has 4 aliphatic rings. The molecule has 9 heteroatoms. The second-order valence-corrected chi connectivity index (χ2v) is 14.0. The molecule has 3 heterocycles. The summed E-state index contributed by atoms with van der Waals surface area (Å²) in [5.74, 6) is -0.668. The number of hydrogen-bond acceptors (Lipinski definition) is 6. The van der Waals surface area contributed by atoms with Gasteiger partial charge in [-0.05, 0) is 78.6 Å². The van der Waals surface area contributed by atoms with Crippen molar-refractivity contribution in [2.45, 2.75) is 36.1 Å². The summed E-state index contributed by atoms with van der Waals surface area (Å²) in [7, 11) is 0. The van der Waals surface area contributed by atoms with E-state index >= 15 is 0 Å². The highest BCUT2D eigenvalue weighted by Gasteiger charge is 2.69. The molecule has 7 atom stereocenters. The predicted molar refractivity (Wildman–Crippen MR) is 159 cm³/mol. The van der Waals surface area contributed by atoms with Crippen LogP contribution >= 0.6 is 23.1 Å². The van der Waals surface area contributed by atoms with Gasteiger partial charge in [-0.1, -0.05) is 53.3 Å². The molecule has 1 aromatic heterocycles. The zero-order valence-corrected chi connectivity index (χ0v) is 24.3. The van der Waals surface area contributed by atoms with Crippen LogP contribution < -0.4 is 14.5 Å². The number of imide groups is 1. The molecule has 212 valence electrons. The van der Waals surface area contributed by atoms with Crippen LogP contribution in [0.3, 0.4) is 0 Å². The minimum atomic E-state index is -0.407. The van der Waals surface area contributed by atoms with Gasteiger partial charge in [0.15, 0.2) is 0 Å². The highest BCUT2D eigenvalue weighted by Crippen LogP contribution is 2.68. The topological polar surface area (TPSA) is 79.5 Å². The minimum Gasteiger partial charge on any atom is -0.489 e. The van der Waals surface area contributed by atoms with Crippen molar-refractivity contribution >= 4 is 40.6 Å². The number of aromatic nitrogens is 1. The van der Waals surface area contributed by atoms with Gasteiger partial charge >= 0.3 is 4.87 Å². The number of thioether (sulfide) groups is 1. The number of aromatic amines is 1. The second kappa shape index (κ2) is 9.67. The van der Waals surface area contributed by atoms with Crippen LogP contribution in [0.5, 0.6) is 5.75 Å². The Balaban J connectivity index is 1.11. The molecule has 0 spiro atoms. The Labute approximate surface area is 249 Å². The third-order valence-corrected chi connectivity index (χ3v) is 12.1. The lowest BCUT2D eigenvalue weighted by Crippen LogP contribution is -2.42. The van der Waals surface area contributed by atoms with Crippen molar-refractivity contribution in [3.63, 3.8) is 0 Å². The number of amides is 2. The molecule has 2 bridgehead atoms. The Kier molecular flexibility index (Phi) is 5.98. The van der Waals surface area contributed by atoms with Gasteiger partial charge in [-0.15, -0.1) is 11.8 Å². The fraction of sp³-hybridized carbons (Fsp3) is 0.303. The molecule has 2 aliphatic carbocycles. The lowest BCUT2D eigenvalue weighted by atomic mass is 9.68. The summed E-state index contributed by atoms with van der Waals surface area (Å²) < 4.78 is 19.7. The van der Waals surface area contributed by atoms with E-state index in [1.807, 2.05) is 24.3 Å². The monoisotopic (exact) mass is 598 g/mol. The van der Waals surface area contributed by atoms with Gasteiger partial charge in [0.05, 0.1) is 22.5 Å². The highest BCUT2D eigenvalue weighted by molar-refractivity contribution is 8.00. The first-order valence-corrected chi connectivity index (χ1v) is 15.9. The molecule has 1 saturated heterocycles. The highest BCUT2D eigenvalue weighted by atomic mass is 32.2. The number of hydrogen-bond donors (Lipinski definition) is 1. The van der Waals surface area contributed by atoms with Gasteiger partial charge in [-0.2, -0.15) is 0 Å². The number of halogens is 1. The van der Waals surface area contributed by atoms with Gasteiger partial charge in [0.1, 0.15) is 18.2 Å². The van der Waals surface area contributed by atoms with E-state index < -0.39 is 11.7 Å². The average Bonchev–Trinajstić information content (AvgIpc) is 3.72. The number of nitrogens with one attached hydrogen (secondary N) is 1. The molecule has 42 heavy (non-hydrogen) atoms. The Morgan fingerprint density at radius 2 is 1.69 bits per heavy atom. The maximum atomic E-state index is 13.8. The molecular weight excluding hydrogens is 572 g/mol. The summed E-state index contributed by atoms with van der Waals surface area (Å²) in [6, 6.07) is 21.9. The Morgan fingerprint density at radius 1 is 0.952 bits per heavy atom. The summed E-state index contributed by atoms with van der Waals surface area (Å²) >= 11 is 2.92. The van der Waals surface area contributed by atoms with Gasteiger partial charge in [0.2, 0.25) is 11.8 Å². The number of fused-ring (bicyclic) bond motifs is 9. The first-order valence-electron chi connectivity index (χ1n) is 14.2. The first kappa shape index (κ1) is 26.0. The Bertz CT molecular complexity index is 1780. The van der Waals surface area contributed by atoms with Crippen molar-refractivity contribution in [1.29, 1.82) is 0 Å². The van der Waals surface area contributed by atoms with Crippen LogP contribution in [0.4, 0.5) is 10.1 Å². The van der Waals surface area contributed by atoms with Gasteiger partial charge in [0, 0.05) is 16.0 Å². The smallest absolute Gasteiger partial charge is 0.305 e. The van der Waals surface area contributed by atoms with E-state index in [0.717, 1.165) is 33.2 Å². The number of anilines is 1. The van der Waals surface area contributed by atoms with Crippen molar-refractivity contribution in [3.05, 3.63) is 110 Å². The normalized spacial score (nSPS) is 29.0. The third kappa shape index (κ3) is 3.93. The fourth-order valence-electron chi connectivity index (χ4n) is 7.97. The number of rotatable bonds is 5. The summed E-state index contributed by atoms with van der Waals surface area (Å²) in [5.41, 5.74) is 3.81. The molecule has 3 aromatic carbocycles. The van der Waals surface area contributed by atoms with Gasteiger partial charge in [0.25, 0.3) is 0 Å². The molecule has 4 aromatic rings. The van der Waals surface area contributed by atoms with Crippen molar-refractivity contribution in [1.82, 2.24) is 4.98 Å². The third-order valence-electron chi connectivity index (χ3n) is 9.54. The lowest BCUT2D eigenvalue weighted by molar-refractivity contribution is -0.123. The predicted octanol–water partition coefficient (Wildman–Crippen LogP) is 6.14. The van der Waals surface area contributed by atoms with Crippen molar-refractivity contribution in [2.24, 2.45) is 29.6 Å². The molecular formula is C33H27FN2O4S2. The van der Waals surface area contributed by atoms with Crippen LogP contribution in [-0.2, 0) is 16.2 Å². The van der Waals surface area contributed by atoms with Crippen LogP contribution in [0.2, 0.25) is 0 Å². The summed E-state index contributed by atoms with van der Waals surface area (Å²) in [6.45, 7) is 2.54. The molecule has 6 unspecified atom stereocenters. The molecule has 2 saturated carbocycles. The number of benzene rings is 3. The summed E-state index contributed by atoms with van der Waals surface area (Å²) in [4.78, 5) is 45.3. The second-order valence-electron chi connectivity index (χ2n) is 11.8. The maximum absolute atomic E-state index is 13.8. The summed E-state index contributed by atoms with van der Waals surface area (Å²) in [5, 5.41) is 0.994. The van der Waals surface area contributed by atoms with Crippen LogP contribution in [0.15, 0.2) is 82.6 Å². The van der Waals surface area contributed by atoms with Crippen LogP contribution in [0.25, 0.3) is 0 Å². The van der Waals surface area contributed by atoms with Crippen molar-refractivity contribution in [2.75, 3.05) is 4.90 Å². The van der Waals surface area contributed by atoms with E-state index in [1.165, 1.54) is 46.1 Å². The SMILES string of the molecule is Cc1cccc(COc2ccc([C@H]3c4sc(=O)[nH]c4SC4C5CC(C6C(=O)N(c7ccc(F)cc7)C(=O)C56)C43)cc2)c1. The van der Waals surface area contributed by atoms with Crippen LogP contribution in [0, 0.1) is 42.3 Å². The maximum Gasteiger partial charge on any atom is 0.305 e. The zero-order valence-electron chi connectivity index (χ0n) is 22.7. The van der Waals surface area contributed by atoms with E-state index in [9.17, 15) is 18.8 Å². The molecule has 3 fully saturated rings. The number of carbonyl (C=O) groups excluding carboxylic acids is 2. The zero-order chi connectivity index (χ0) is 28.7. The number of aryl methyl sites for hydroxylation is 1. The Hall–Kier alpha value is -3.69. The molecule has 2 amide bonds. The van der Waals surface area contributed by atoms with E-state index in [0.29, 0.717) is 12.3 Å². The molecule has 1 N–H and O–H groups in total. The number of carbonyl (C=O) groups is 2. The number of thiazole rings is 1. The van der Waals surface area contributed by atoms with Gasteiger partial charge in [-0.3, -0.25) is 19.3 Å². The first-order chi connectivity index (χ1) is 20.4. The van der Waals surface area contributed by atoms with Gasteiger partial charge in [-0.25, -0.2) is 4.39 Å². The van der Waals surface area contributed by atoms with E-state index in [4.69, 9.17) is 4.74 Å². The fourth-order valence-corrected chi connectivity index (χ4v) is 10.9. The molecule has 2 aliphatic heterocycles. The standard InChI is InChI=1S/C33H27FN2O4S2/c1-16-3-2-4-17(13-16)15-40-21-11-5-18(6-12-21)24-25-22-14-23(28(25)41-30-29(24)42-33(39)35-30)27-26(22)31(37)36(32(27)38)20-9-7-19(34)8-10-20/h2-13,22-28H,14-15H2,1H3,(H,35,39)/t22?,23?,24-,25?,26?,27?,28?/m1/s1. The lowest BCUT2D eigenvalue weighted by Gasteiger charge is -2.43. The van der Waals surface area contributed by atoms with Crippen molar-refractivity contribution in [3.8, 4) is 5.75 Å². The Morgan fingerprint density at radius 3 is 2.43 bits per heavy atom. The van der Waals surface area contributed by atoms with E-state index in [2.05, 4.69) is 36.2 Å². The van der Waals surface area contributed by atoms with Crippen LogP contribution in [0.1, 0.15) is 33.9 Å². The van der Waals surface area contributed by atoms with Crippen molar-refractivity contribution < 1.29 is 18.7 Å².